The first-order chi connectivity index (χ1) is 56.6. The molecule has 0 bridgehead atoms. The first-order valence-corrected chi connectivity index (χ1v) is 38.5. The Hall–Kier alpha value is -14.0. The Labute approximate surface area is 711 Å². The number of rotatable bonds is 23. The third-order valence-electron chi connectivity index (χ3n) is 19.0. The minimum absolute atomic E-state index is 0. The lowest BCUT2D eigenvalue weighted by atomic mass is 9.98. The van der Waals surface area contributed by atoms with Gasteiger partial charge in [0.15, 0.2) is 5.75 Å². The lowest BCUT2D eigenvalue weighted by Crippen LogP contribution is -2.41. The van der Waals surface area contributed by atoms with E-state index in [-0.39, 0.29) is 102 Å². The van der Waals surface area contributed by atoms with Crippen LogP contribution in [-0.2, 0) is 48.8 Å². The van der Waals surface area contributed by atoms with Crippen molar-refractivity contribution in [3.05, 3.63) is 278 Å². The van der Waals surface area contributed by atoms with E-state index in [1.807, 2.05) is 233 Å². The van der Waals surface area contributed by atoms with E-state index in [0.29, 0.717) is 87.8 Å². The second-order valence-electron chi connectivity index (χ2n) is 28.1. The van der Waals surface area contributed by atoms with E-state index in [1.54, 1.807) is 43.1 Å². The van der Waals surface area contributed by atoms with E-state index in [1.165, 1.54) is 49.2 Å². The molecule has 0 atom stereocenters. The molecule has 632 valence electrons. The van der Waals surface area contributed by atoms with Gasteiger partial charge in [-0.1, -0.05) is 172 Å². The molecular formula is C94H108ClN15O11. The Morgan fingerprint density at radius 3 is 1.84 bits per heavy atom. The maximum absolute atomic E-state index is 13.5. The molecule has 3 aromatic heterocycles. The van der Waals surface area contributed by atoms with Gasteiger partial charge < -0.3 is 55.7 Å². The molecule has 0 unspecified atom stereocenters. The number of ether oxygens (including phenoxy) is 2. The van der Waals surface area contributed by atoms with E-state index >= 15 is 0 Å². The van der Waals surface area contributed by atoms with Crippen LogP contribution in [0.2, 0.25) is 5.02 Å². The summed E-state index contributed by atoms with van der Waals surface area (Å²) in [6.07, 6.45) is -0.00725. The first-order valence-electron chi connectivity index (χ1n) is 38.1. The molecule has 27 heteroatoms. The number of pyridine rings is 1. The summed E-state index contributed by atoms with van der Waals surface area (Å²) in [5.74, 6) is 0.679. The molecule has 0 radical (unpaired) electrons. The number of halogens is 1. The molecule has 0 fully saturated rings. The number of nitrogens with one attached hydrogen (secondary N) is 6. The van der Waals surface area contributed by atoms with Crippen LogP contribution in [-0.4, -0.2) is 143 Å². The molecule has 1 aliphatic rings. The molecule has 12 aromatic rings. The molecule has 13 rings (SSSR count). The van der Waals surface area contributed by atoms with Crippen LogP contribution in [0.25, 0.3) is 49.5 Å². The predicted octanol–water partition coefficient (Wildman–Crippen LogP) is 15.5. The van der Waals surface area contributed by atoms with Crippen molar-refractivity contribution in [3.63, 3.8) is 0 Å². The van der Waals surface area contributed by atoms with E-state index < -0.39 is 0 Å². The highest BCUT2D eigenvalue weighted by Crippen LogP contribution is 2.38. The number of hydrogen-bond donors (Lipinski definition) is 6. The number of carbonyl (C=O) groups excluding carboxylic acids is 8. The monoisotopic (exact) mass is 1660 g/mol. The molecule has 9 amide bonds. The van der Waals surface area contributed by atoms with Gasteiger partial charge in [-0.15, -0.1) is 0 Å². The molecule has 0 saturated carbocycles. The Kier molecular flexibility index (Phi) is 34.2. The fourth-order valence-corrected chi connectivity index (χ4v) is 13.1. The highest BCUT2D eigenvalue weighted by Gasteiger charge is 2.29. The highest BCUT2D eigenvalue weighted by molar-refractivity contribution is 6.33. The second kappa shape index (κ2) is 44.0. The zero-order chi connectivity index (χ0) is 84.9. The van der Waals surface area contributed by atoms with Gasteiger partial charge in [0.2, 0.25) is 35.4 Å². The number of carbonyl (C=O) groups is 8. The molecule has 9 aromatic carbocycles. The third kappa shape index (κ3) is 24.6. The summed E-state index contributed by atoms with van der Waals surface area (Å²) in [6.45, 7) is 17.3. The number of nitrogens with zero attached hydrogens (tertiary/aromatic N) is 9. The number of fused-ring (bicyclic) bond motifs is 5. The Morgan fingerprint density at radius 2 is 1.17 bits per heavy atom. The summed E-state index contributed by atoms with van der Waals surface area (Å²) in [6, 6.07) is 66.7. The summed E-state index contributed by atoms with van der Waals surface area (Å²) in [4.78, 5) is 118. The average molecular weight is 1660 g/mol. The number of urea groups is 1. The van der Waals surface area contributed by atoms with Crippen LogP contribution < -0.4 is 56.7 Å². The van der Waals surface area contributed by atoms with Gasteiger partial charge in [0, 0.05) is 124 Å². The highest BCUT2D eigenvalue weighted by atomic mass is 35.5. The van der Waals surface area contributed by atoms with Crippen LogP contribution >= 0.6 is 11.6 Å². The average Bonchev–Trinajstić information content (AvgIpc) is 1.64. The van der Waals surface area contributed by atoms with Gasteiger partial charge >= 0.3 is 6.03 Å². The largest absolute Gasteiger partial charge is 0.497 e. The lowest BCUT2D eigenvalue weighted by molar-refractivity contribution is -0.130. The van der Waals surface area contributed by atoms with Gasteiger partial charge in [-0.25, -0.2) is 14.8 Å². The van der Waals surface area contributed by atoms with Gasteiger partial charge in [0.25, 0.3) is 11.5 Å². The van der Waals surface area contributed by atoms with Crippen molar-refractivity contribution in [2.75, 3.05) is 75.8 Å². The molecule has 0 spiro atoms. The van der Waals surface area contributed by atoms with Crippen molar-refractivity contribution in [1.29, 1.82) is 0 Å². The van der Waals surface area contributed by atoms with Crippen molar-refractivity contribution in [2.24, 2.45) is 12.1 Å². The Bertz CT molecular complexity index is 5800. The maximum Gasteiger partial charge on any atom is 0.344 e. The molecular weight excluding hydrogens is 1550 g/mol. The fourth-order valence-electron chi connectivity index (χ4n) is 12.9. The zero-order valence-electron chi connectivity index (χ0n) is 68.3. The third-order valence-corrected chi connectivity index (χ3v) is 19.3. The van der Waals surface area contributed by atoms with Crippen LogP contribution in [0, 0.1) is 27.7 Å². The number of amides is 9. The number of hydrazone groups is 1. The summed E-state index contributed by atoms with van der Waals surface area (Å²) >= 11 is 6.34. The lowest BCUT2D eigenvalue weighted by Gasteiger charge is -2.26. The van der Waals surface area contributed by atoms with Gasteiger partial charge in [-0.3, -0.25) is 43.3 Å². The van der Waals surface area contributed by atoms with E-state index in [2.05, 4.69) is 48.0 Å². The molecule has 1 aliphatic heterocycles. The van der Waals surface area contributed by atoms with Crippen LogP contribution in [0.5, 0.6) is 17.2 Å². The molecule has 0 aliphatic carbocycles. The van der Waals surface area contributed by atoms with Gasteiger partial charge in [0.1, 0.15) is 28.4 Å². The standard InChI is InChI=1S/C26H29N3O4.C24H25N5O3.C21H24N4O2.C20H18ClN3O2.3CH4/c1-18-10-13-26(33-22-8-6-5-7-9-22)25(14-18)29(20(3)31)16-21-15-23(32-4)11-12-24(21)28-17-27-19(2)30;1-15-10-11-18-20(12-15)28(4)23-22(18)19(13-21(31)27(3)14-25-16(2)30)26-29(24(23)32)17-8-6-5-7-9-17;1-14-5-8-17(9-6-14)20-18-13-15(2)7-10-19(18)24(4)21(27)25(23-20)12-11-22-16(3)26;1-13(25)22-10-11-23-20(26)18-12-14-6-2-3-7-15(14)19(24-18)16-8-4-5-9-17(16)21;;;/h5-15,28H,16-17H2,1-4H3,(H,27,30);5-12H,13-14H2,1-4H3,(H,25,30);5-10,13H,11-12H2,1-4H3,(H,22,26);2-9,12H,10-11H2,1H3,(H,22,25)(H,23,26);3*1H4. The number of aromatic nitrogens is 4. The zero-order valence-corrected chi connectivity index (χ0v) is 69.0. The number of benzene rings is 9. The molecule has 26 nitrogen and oxygen atoms in total. The number of anilines is 3. The molecule has 6 N–H and O–H groups in total. The quantitative estimate of drug-likeness (QED) is 0.0256. The van der Waals surface area contributed by atoms with E-state index in [4.69, 9.17) is 26.2 Å². The molecule has 4 heterocycles. The SMILES string of the molecule is C.C.C.CC(=O)NCCN1N=C(c2ccc(C)cc2)c2cc(C)ccc2N(C)C1=O.CC(=O)NCCNC(=O)c1cc2ccccc2c(-c2ccccc2Cl)n1.CC(=O)NCN(C)C(=O)Cc1nn(-c2ccccc2)c(=O)c2c1c1ccc(C)cc1n2C.COc1ccc(NCNC(C)=O)c(CN(C(C)=O)c2cc(C)ccc2Oc2ccccc2)c1. The van der Waals surface area contributed by atoms with E-state index in [0.717, 1.165) is 83.3 Å². The van der Waals surface area contributed by atoms with Crippen molar-refractivity contribution in [3.8, 4) is 34.2 Å². The van der Waals surface area contributed by atoms with Crippen molar-refractivity contribution in [1.82, 2.24) is 55.8 Å². The van der Waals surface area contributed by atoms with Crippen LogP contribution in [0.3, 0.4) is 0 Å². The minimum atomic E-state index is -0.297. The number of aryl methyl sites for hydroxylation is 5. The van der Waals surface area contributed by atoms with Crippen molar-refractivity contribution >= 4 is 114 Å². The van der Waals surface area contributed by atoms with Crippen LogP contribution in [0.15, 0.2) is 222 Å². The van der Waals surface area contributed by atoms with Crippen molar-refractivity contribution in [2.45, 2.75) is 97.6 Å². The smallest absolute Gasteiger partial charge is 0.344 e. The van der Waals surface area contributed by atoms with Crippen molar-refractivity contribution < 1.29 is 47.8 Å². The number of para-hydroxylation sites is 2. The van der Waals surface area contributed by atoms with Gasteiger partial charge in [-0.2, -0.15) is 14.9 Å². The summed E-state index contributed by atoms with van der Waals surface area (Å²) in [5, 5.41) is 31.4. The van der Waals surface area contributed by atoms with Gasteiger partial charge in [-0.05, 0) is 135 Å². The number of methoxy groups -OCH3 is 1. The minimum Gasteiger partial charge on any atom is -0.497 e. The summed E-state index contributed by atoms with van der Waals surface area (Å²) in [5.41, 5.74) is 14.1. The molecule has 0 saturated heterocycles. The topological polar surface area (TPSA) is 305 Å². The number of likely N-dealkylation sites (N-methyl/N-ethyl adjacent to an activating group) is 1. The Balaban J connectivity index is 0.000000221. The second-order valence-corrected chi connectivity index (χ2v) is 28.5. The number of hydrogen-bond acceptors (Lipinski definition) is 15. The van der Waals surface area contributed by atoms with Crippen LogP contribution in [0.4, 0.5) is 21.9 Å². The fraction of sp³-hybridized carbons (Fsp3) is 0.255. The van der Waals surface area contributed by atoms with Crippen LogP contribution in [0.1, 0.15) is 112 Å². The maximum atomic E-state index is 13.5. The normalized spacial score (nSPS) is 11.1. The first kappa shape index (κ1) is 94.1. The molecule has 121 heavy (non-hydrogen) atoms. The van der Waals surface area contributed by atoms with E-state index in [9.17, 15) is 43.2 Å². The summed E-state index contributed by atoms with van der Waals surface area (Å²) in [7, 11) is 6.82. The summed E-state index contributed by atoms with van der Waals surface area (Å²) < 4.78 is 14.7. The Morgan fingerprint density at radius 1 is 0.570 bits per heavy atom. The van der Waals surface area contributed by atoms with Gasteiger partial charge in [0.05, 0.1) is 68.4 Å². The predicted molar refractivity (Wildman–Crippen MR) is 484 cm³/mol.